The Balaban J connectivity index is -0.000000169. The average Bonchev–Trinajstić information content (AvgIpc) is 2.10. The molecule has 0 amide bonds. The number of rotatable bonds is 3. The van der Waals surface area contributed by atoms with E-state index in [0.29, 0.717) is 6.04 Å². The predicted molar refractivity (Wildman–Crippen MR) is 65.4 cm³/mol. The van der Waals surface area contributed by atoms with Crippen LogP contribution in [0.15, 0.2) is 0 Å². The highest BCUT2D eigenvalue weighted by molar-refractivity contribution is 4.53. The molecule has 0 radical (unpaired) electrons. The van der Waals surface area contributed by atoms with Crippen molar-refractivity contribution in [3.05, 3.63) is 0 Å². The van der Waals surface area contributed by atoms with E-state index in [1.54, 1.807) is 0 Å². The van der Waals surface area contributed by atoms with Crippen LogP contribution in [-0.2, 0) is 0 Å². The Labute approximate surface area is 86.5 Å². The third-order valence-corrected chi connectivity index (χ3v) is 1.46. The molecular formula is C12H31N. The van der Waals surface area contributed by atoms with Gasteiger partial charge in [0.15, 0.2) is 0 Å². The van der Waals surface area contributed by atoms with Gasteiger partial charge in [0, 0.05) is 6.04 Å². The number of hydrogen-bond donors (Lipinski definition) is 0. The second-order valence-electron chi connectivity index (χ2n) is 3.28. The lowest BCUT2D eigenvalue weighted by Gasteiger charge is -2.19. The second-order valence-corrected chi connectivity index (χ2v) is 3.28. The Bertz CT molecular complexity index is 60.1. The van der Waals surface area contributed by atoms with E-state index >= 15 is 0 Å². The van der Waals surface area contributed by atoms with Gasteiger partial charge in [-0.05, 0) is 33.9 Å². The van der Waals surface area contributed by atoms with E-state index in [0.717, 1.165) is 0 Å². The quantitative estimate of drug-likeness (QED) is 0.644. The molecule has 0 rings (SSSR count). The first kappa shape index (κ1) is 18.7. The zero-order chi connectivity index (χ0) is 11.3. The van der Waals surface area contributed by atoms with E-state index in [9.17, 15) is 0 Å². The van der Waals surface area contributed by atoms with E-state index in [2.05, 4.69) is 46.6 Å². The molecule has 84 valence electrons. The standard InChI is InChI=1S/C7H17N.C3H8.C2H6/c1-5-6-8(4)7(2)3;1-3-2;1-2/h7H,5-6H2,1-4H3;3H2,1-2H3;1-2H3. The lowest BCUT2D eigenvalue weighted by atomic mass is 10.3. The summed E-state index contributed by atoms with van der Waals surface area (Å²) < 4.78 is 0. The monoisotopic (exact) mass is 189 g/mol. The highest BCUT2D eigenvalue weighted by atomic mass is 15.1. The van der Waals surface area contributed by atoms with E-state index < -0.39 is 0 Å². The van der Waals surface area contributed by atoms with Crippen molar-refractivity contribution in [3.8, 4) is 0 Å². The van der Waals surface area contributed by atoms with Crippen LogP contribution < -0.4 is 0 Å². The van der Waals surface area contributed by atoms with Crippen molar-refractivity contribution in [3.63, 3.8) is 0 Å². The summed E-state index contributed by atoms with van der Waals surface area (Å²) >= 11 is 0. The van der Waals surface area contributed by atoms with Crippen LogP contribution in [0.4, 0.5) is 0 Å². The van der Waals surface area contributed by atoms with Crippen LogP contribution in [0, 0.1) is 0 Å². The van der Waals surface area contributed by atoms with Crippen molar-refractivity contribution >= 4 is 0 Å². The zero-order valence-corrected chi connectivity index (χ0v) is 11.1. The molecule has 0 fully saturated rings. The lowest BCUT2D eigenvalue weighted by molar-refractivity contribution is 0.275. The van der Waals surface area contributed by atoms with Gasteiger partial charge < -0.3 is 4.90 Å². The fourth-order valence-electron chi connectivity index (χ4n) is 0.611. The summed E-state index contributed by atoms with van der Waals surface area (Å²) in [6, 6.07) is 0.704. The predicted octanol–water partition coefficient (Wildman–Crippen LogP) is 4.18. The van der Waals surface area contributed by atoms with Gasteiger partial charge >= 0.3 is 0 Å². The minimum absolute atomic E-state index is 0.704. The fraction of sp³-hybridized carbons (Fsp3) is 1.00. The summed E-state index contributed by atoms with van der Waals surface area (Å²) in [6.45, 7) is 16.1. The Morgan fingerprint density at radius 1 is 1.00 bits per heavy atom. The van der Waals surface area contributed by atoms with Crippen LogP contribution in [0.1, 0.15) is 61.3 Å². The van der Waals surface area contributed by atoms with Gasteiger partial charge in [-0.3, -0.25) is 0 Å². The maximum Gasteiger partial charge on any atom is 0.00355 e. The van der Waals surface area contributed by atoms with E-state index in [-0.39, 0.29) is 0 Å². The molecule has 0 atom stereocenters. The van der Waals surface area contributed by atoms with Gasteiger partial charge in [0.25, 0.3) is 0 Å². The normalized spacial score (nSPS) is 8.77. The molecule has 0 aliphatic carbocycles. The Morgan fingerprint density at radius 3 is 1.38 bits per heavy atom. The first-order valence-corrected chi connectivity index (χ1v) is 5.80. The Hall–Kier alpha value is -0.0400. The number of hydrogen-bond acceptors (Lipinski definition) is 1. The summed E-state index contributed by atoms with van der Waals surface area (Å²) in [7, 11) is 2.16. The van der Waals surface area contributed by atoms with Crippen LogP contribution >= 0.6 is 0 Å². The van der Waals surface area contributed by atoms with Gasteiger partial charge in [-0.1, -0.05) is 41.0 Å². The smallest absolute Gasteiger partial charge is 0.00355 e. The molecule has 0 aliphatic heterocycles. The van der Waals surface area contributed by atoms with Gasteiger partial charge in [0.2, 0.25) is 0 Å². The van der Waals surface area contributed by atoms with Gasteiger partial charge in [0.05, 0.1) is 0 Å². The fourth-order valence-corrected chi connectivity index (χ4v) is 0.611. The van der Waals surface area contributed by atoms with Crippen molar-refractivity contribution in [1.82, 2.24) is 4.90 Å². The molecule has 0 aliphatic rings. The zero-order valence-electron chi connectivity index (χ0n) is 11.1. The number of nitrogens with zero attached hydrogens (tertiary/aromatic N) is 1. The first-order valence-electron chi connectivity index (χ1n) is 5.80. The van der Waals surface area contributed by atoms with E-state index in [4.69, 9.17) is 0 Å². The van der Waals surface area contributed by atoms with Crippen molar-refractivity contribution in [2.45, 2.75) is 67.3 Å². The molecular weight excluding hydrogens is 158 g/mol. The minimum atomic E-state index is 0.704. The summed E-state index contributed by atoms with van der Waals surface area (Å²) in [5.74, 6) is 0. The summed E-state index contributed by atoms with van der Waals surface area (Å²) in [6.07, 6.45) is 2.51. The highest BCUT2D eigenvalue weighted by Gasteiger charge is 1.98. The molecule has 0 saturated heterocycles. The maximum atomic E-state index is 2.35. The van der Waals surface area contributed by atoms with Crippen molar-refractivity contribution in [2.75, 3.05) is 13.6 Å². The van der Waals surface area contributed by atoms with Crippen molar-refractivity contribution < 1.29 is 0 Å². The van der Waals surface area contributed by atoms with Crippen LogP contribution in [0.5, 0.6) is 0 Å². The highest BCUT2D eigenvalue weighted by Crippen LogP contribution is 1.93. The van der Waals surface area contributed by atoms with Gasteiger partial charge in [-0.2, -0.15) is 0 Å². The maximum absolute atomic E-state index is 2.35. The van der Waals surface area contributed by atoms with Crippen molar-refractivity contribution in [1.29, 1.82) is 0 Å². The molecule has 0 aromatic carbocycles. The third kappa shape index (κ3) is 24.5. The molecule has 0 spiro atoms. The molecule has 0 aromatic heterocycles. The molecule has 0 unspecified atom stereocenters. The molecule has 0 aromatic rings. The summed E-state index contributed by atoms with van der Waals surface area (Å²) in [5.41, 5.74) is 0. The molecule has 0 heterocycles. The molecule has 1 heteroatoms. The van der Waals surface area contributed by atoms with Gasteiger partial charge in [-0.15, -0.1) is 0 Å². The summed E-state index contributed by atoms with van der Waals surface area (Å²) in [5, 5.41) is 0. The molecule has 0 N–H and O–H groups in total. The SMILES string of the molecule is CC.CCC.CCCN(C)C(C)C. The van der Waals surface area contributed by atoms with Gasteiger partial charge in [-0.25, -0.2) is 0 Å². The van der Waals surface area contributed by atoms with Crippen LogP contribution in [0.25, 0.3) is 0 Å². The van der Waals surface area contributed by atoms with Crippen LogP contribution in [0.2, 0.25) is 0 Å². The average molecular weight is 189 g/mol. The molecule has 0 saturated carbocycles. The van der Waals surface area contributed by atoms with Crippen LogP contribution in [0.3, 0.4) is 0 Å². The summed E-state index contributed by atoms with van der Waals surface area (Å²) in [4.78, 5) is 2.35. The molecule has 0 bridgehead atoms. The Kier molecular flexibility index (Phi) is 25.7. The third-order valence-electron chi connectivity index (χ3n) is 1.46. The van der Waals surface area contributed by atoms with E-state index in [1.807, 2.05) is 13.8 Å². The van der Waals surface area contributed by atoms with Crippen LogP contribution in [-0.4, -0.2) is 24.5 Å². The molecule has 1 nitrogen and oxygen atoms in total. The van der Waals surface area contributed by atoms with Gasteiger partial charge in [0.1, 0.15) is 0 Å². The first-order chi connectivity index (χ1) is 6.09. The molecule has 13 heavy (non-hydrogen) atoms. The second kappa shape index (κ2) is 17.9. The Morgan fingerprint density at radius 2 is 1.31 bits per heavy atom. The van der Waals surface area contributed by atoms with E-state index in [1.165, 1.54) is 19.4 Å². The minimum Gasteiger partial charge on any atom is -0.304 e. The topological polar surface area (TPSA) is 3.24 Å². The lowest BCUT2D eigenvalue weighted by Crippen LogP contribution is -2.26. The largest absolute Gasteiger partial charge is 0.304 e. The van der Waals surface area contributed by atoms with Crippen molar-refractivity contribution in [2.24, 2.45) is 0 Å².